The summed E-state index contributed by atoms with van der Waals surface area (Å²) < 4.78 is 0. The molecule has 6 heteroatoms. The van der Waals surface area contributed by atoms with Crippen LogP contribution in [0.2, 0.25) is 5.02 Å². The first kappa shape index (κ1) is 31.2. The molecule has 0 saturated heterocycles. The molecule has 3 aliphatic carbocycles. The number of anilines is 2. The molecular formula is C38H46Cl2N4. The van der Waals surface area contributed by atoms with Crippen molar-refractivity contribution in [3.63, 3.8) is 0 Å². The van der Waals surface area contributed by atoms with E-state index in [1.54, 1.807) is 0 Å². The number of aromatic nitrogens is 2. The summed E-state index contributed by atoms with van der Waals surface area (Å²) in [7, 11) is 0. The van der Waals surface area contributed by atoms with Crippen LogP contribution in [0.4, 0.5) is 11.4 Å². The average molecular weight is 630 g/mol. The lowest BCUT2D eigenvalue weighted by Gasteiger charge is -2.36. The number of allylic oxidation sites excluding steroid dienone is 2. The highest BCUT2D eigenvalue weighted by Gasteiger charge is 2.33. The van der Waals surface area contributed by atoms with Gasteiger partial charge >= 0.3 is 0 Å². The Morgan fingerprint density at radius 3 is 2.32 bits per heavy atom. The molecular weight excluding hydrogens is 583 g/mol. The molecule has 2 heterocycles. The maximum Gasteiger partial charge on any atom is 0.0741 e. The number of unbranched alkanes of at least 4 members (excludes halogenated alkanes) is 5. The van der Waals surface area contributed by atoms with Gasteiger partial charge in [-0.2, -0.15) is 0 Å². The van der Waals surface area contributed by atoms with Crippen LogP contribution in [0.1, 0.15) is 99.6 Å². The predicted octanol–water partition coefficient (Wildman–Crippen LogP) is 10.6. The van der Waals surface area contributed by atoms with Gasteiger partial charge in [-0.3, -0.25) is 9.97 Å². The second kappa shape index (κ2) is 14.1. The third-order valence-corrected chi connectivity index (χ3v) is 10.2. The van der Waals surface area contributed by atoms with Crippen LogP contribution in [0.5, 0.6) is 0 Å². The molecule has 232 valence electrons. The van der Waals surface area contributed by atoms with E-state index in [0.717, 1.165) is 54.8 Å². The molecule has 3 aliphatic rings. The van der Waals surface area contributed by atoms with Crippen molar-refractivity contribution in [2.75, 3.05) is 23.7 Å². The Kier molecular flexibility index (Phi) is 9.98. The summed E-state index contributed by atoms with van der Waals surface area (Å²) >= 11 is 6.38. The first-order chi connectivity index (χ1) is 21.1. The van der Waals surface area contributed by atoms with Gasteiger partial charge < -0.3 is 10.6 Å². The van der Waals surface area contributed by atoms with Crippen molar-refractivity contribution in [2.24, 2.45) is 5.92 Å². The summed E-state index contributed by atoms with van der Waals surface area (Å²) in [5.74, 6) is 1.21. The quantitative estimate of drug-likeness (QED) is 0.128. The van der Waals surface area contributed by atoms with Crippen molar-refractivity contribution < 1.29 is 0 Å². The van der Waals surface area contributed by atoms with E-state index in [0.29, 0.717) is 11.8 Å². The maximum absolute atomic E-state index is 6.38. The van der Waals surface area contributed by atoms with Gasteiger partial charge in [0.2, 0.25) is 0 Å². The van der Waals surface area contributed by atoms with E-state index in [1.807, 2.05) is 12.1 Å². The van der Waals surface area contributed by atoms with Gasteiger partial charge in [0.25, 0.3) is 0 Å². The van der Waals surface area contributed by atoms with Crippen LogP contribution in [0.3, 0.4) is 0 Å². The number of hydrogen-bond donors (Lipinski definition) is 2. The highest BCUT2D eigenvalue weighted by atomic mass is 35.5. The first-order valence-electron chi connectivity index (χ1n) is 16.8. The van der Waals surface area contributed by atoms with Crippen molar-refractivity contribution in [2.45, 2.75) is 96.3 Å². The fourth-order valence-corrected chi connectivity index (χ4v) is 8.20. The van der Waals surface area contributed by atoms with Crippen LogP contribution in [0.25, 0.3) is 21.8 Å². The second-order valence-corrected chi connectivity index (χ2v) is 13.7. The van der Waals surface area contributed by atoms with Crippen LogP contribution in [0.15, 0.2) is 54.1 Å². The van der Waals surface area contributed by atoms with E-state index in [9.17, 15) is 0 Å². The van der Waals surface area contributed by atoms with Crippen molar-refractivity contribution >= 4 is 57.2 Å². The molecule has 0 aliphatic heterocycles. The number of nitrogens with zero attached hydrogens (tertiary/aromatic N) is 2. The van der Waals surface area contributed by atoms with Crippen LogP contribution in [0, 0.1) is 5.92 Å². The standard InChI is InChI=1S/C38H45ClN4.ClH/c1-25-20-26-22-27(21-25)36-35(23-26)43-34-24-28(39)16-17-31(34)38(36)41-19-11-5-3-2-4-10-18-40-37-29-12-6-8-14-32(29)42-33-15-9-7-13-30(33)37;/h6,8,12,14,16-17,20,24,26-27H,2-5,7,9-11,13,15,18-19,21-23H2,1H3,(H,40,42)(H,41,43);1H. The Balaban J connectivity index is 0.00000343. The SMILES string of the molecule is CC1=CC2Cc3nc4cc(Cl)ccc4c(NCCCCCCCCNc4c5c(nc6ccccc46)CCCC5)c3C(C1)C2.Cl. The summed E-state index contributed by atoms with van der Waals surface area (Å²) in [5.41, 5.74) is 11.9. The number of rotatable bonds is 11. The molecule has 0 saturated carbocycles. The van der Waals surface area contributed by atoms with Crippen molar-refractivity contribution in [1.29, 1.82) is 0 Å². The zero-order chi connectivity index (χ0) is 29.2. The minimum Gasteiger partial charge on any atom is -0.384 e. The molecule has 2 aromatic heterocycles. The number of hydrogen-bond acceptors (Lipinski definition) is 4. The topological polar surface area (TPSA) is 49.8 Å². The average Bonchev–Trinajstić information content (AvgIpc) is 3.00. The fraction of sp³-hybridized carbons (Fsp3) is 0.474. The van der Waals surface area contributed by atoms with E-state index < -0.39 is 0 Å². The van der Waals surface area contributed by atoms with Gasteiger partial charge in [0.05, 0.1) is 11.0 Å². The Hall–Kier alpha value is -2.82. The lowest BCUT2D eigenvalue weighted by atomic mass is 9.71. The van der Waals surface area contributed by atoms with Crippen LogP contribution in [-0.2, 0) is 19.3 Å². The zero-order valence-corrected chi connectivity index (χ0v) is 27.6. The van der Waals surface area contributed by atoms with E-state index in [2.05, 4.69) is 54.0 Å². The number of nitrogens with one attached hydrogen (secondary N) is 2. The van der Waals surface area contributed by atoms with Gasteiger partial charge in [0.1, 0.15) is 0 Å². The van der Waals surface area contributed by atoms with E-state index in [4.69, 9.17) is 21.6 Å². The molecule has 4 nitrogen and oxygen atoms in total. The molecule has 0 fully saturated rings. The molecule has 4 aromatic rings. The molecule has 2 atom stereocenters. The summed E-state index contributed by atoms with van der Waals surface area (Å²) in [6, 6.07) is 14.9. The number of benzene rings is 2. The zero-order valence-electron chi connectivity index (χ0n) is 26.1. The smallest absolute Gasteiger partial charge is 0.0741 e. The molecule has 0 amide bonds. The Bertz CT molecular complexity index is 1660. The van der Waals surface area contributed by atoms with E-state index >= 15 is 0 Å². The number of halogens is 2. The van der Waals surface area contributed by atoms with Crippen molar-refractivity contribution in [3.8, 4) is 0 Å². The predicted molar refractivity (Wildman–Crippen MR) is 190 cm³/mol. The van der Waals surface area contributed by atoms with Gasteiger partial charge in [-0.05, 0) is 106 Å². The highest BCUT2D eigenvalue weighted by molar-refractivity contribution is 6.31. The van der Waals surface area contributed by atoms with Gasteiger partial charge in [-0.1, -0.05) is 67.1 Å². The third-order valence-electron chi connectivity index (χ3n) is 9.98. The van der Waals surface area contributed by atoms with Crippen molar-refractivity contribution in [3.05, 3.63) is 81.7 Å². The summed E-state index contributed by atoms with van der Waals surface area (Å²) in [6.07, 6.45) is 18.4. The van der Waals surface area contributed by atoms with E-state index in [-0.39, 0.29) is 12.4 Å². The van der Waals surface area contributed by atoms with Crippen LogP contribution < -0.4 is 10.6 Å². The third kappa shape index (κ3) is 6.58. The maximum atomic E-state index is 6.38. The van der Waals surface area contributed by atoms with Gasteiger partial charge in [-0.15, -0.1) is 12.4 Å². The molecule has 2 N–H and O–H groups in total. The normalized spacial score (nSPS) is 18.7. The minimum absolute atomic E-state index is 0. The molecule has 0 radical (unpaired) electrons. The fourth-order valence-electron chi connectivity index (χ4n) is 8.03. The molecule has 0 spiro atoms. The first-order valence-corrected chi connectivity index (χ1v) is 17.2. The highest BCUT2D eigenvalue weighted by Crippen LogP contribution is 2.47. The van der Waals surface area contributed by atoms with Gasteiger partial charge in [0, 0.05) is 57.2 Å². The number of pyridine rings is 2. The Labute approximate surface area is 273 Å². The number of aryl methyl sites for hydroxylation is 1. The molecule has 7 rings (SSSR count). The lowest BCUT2D eigenvalue weighted by molar-refractivity contribution is 0.433. The molecule has 2 bridgehead atoms. The minimum atomic E-state index is 0. The number of para-hydroxylation sites is 1. The molecule has 2 aromatic carbocycles. The van der Waals surface area contributed by atoms with Crippen LogP contribution >= 0.6 is 24.0 Å². The summed E-state index contributed by atoms with van der Waals surface area (Å²) in [6.45, 7) is 4.36. The lowest BCUT2D eigenvalue weighted by Crippen LogP contribution is -2.24. The number of fused-ring (bicyclic) bond motifs is 7. The molecule has 44 heavy (non-hydrogen) atoms. The summed E-state index contributed by atoms with van der Waals surface area (Å²) in [5, 5.41) is 11.0. The van der Waals surface area contributed by atoms with Gasteiger partial charge in [0.15, 0.2) is 0 Å². The second-order valence-electron chi connectivity index (χ2n) is 13.2. The van der Waals surface area contributed by atoms with Gasteiger partial charge in [-0.25, -0.2) is 0 Å². The Morgan fingerprint density at radius 1 is 0.773 bits per heavy atom. The largest absolute Gasteiger partial charge is 0.384 e. The molecule has 2 unspecified atom stereocenters. The summed E-state index contributed by atoms with van der Waals surface area (Å²) in [4.78, 5) is 10.1. The van der Waals surface area contributed by atoms with E-state index in [1.165, 1.54) is 108 Å². The monoisotopic (exact) mass is 628 g/mol. The Morgan fingerprint density at radius 2 is 1.48 bits per heavy atom. The van der Waals surface area contributed by atoms with Crippen LogP contribution in [-0.4, -0.2) is 23.1 Å². The van der Waals surface area contributed by atoms with Crippen molar-refractivity contribution in [1.82, 2.24) is 9.97 Å².